The predicted octanol–water partition coefficient (Wildman–Crippen LogP) is 2.25. The van der Waals surface area contributed by atoms with Crippen LogP contribution in [0.25, 0.3) is 0 Å². The van der Waals surface area contributed by atoms with Crippen molar-refractivity contribution >= 4 is 0 Å². The quantitative estimate of drug-likeness (QED) is 0.714. The van der Waals surface area contributed by atoms with E-state index in [1.54, 1.807) is 0 Å². The van der Waals surface area contributed by atoms with Crippen LogP contribution in [0.5, 0.6) is 0 Å². The summed E-state index contributed by atoms with van der Waals surface area (Å²) in [6, 6.07) is 0.719. The molecule has 0 bridgehead atoms. The fourth-order valence-corrected chi connectivity index (χ4v) is 3.29. The summed E-state index contributed by atoms with van der Waals surface area (Å²) in [7, 11) is 0. The average Bonchev–Trinajstić information content (AvgIpc) is 2.43. The van der Waals surface area contributed by atoms with Gasteiger partial charge in [0.15, 0.2) is 0 Å². The Morgan fingerprint density at radius 2 is 1.73 bits per heavy atom. The minimum Gasteiger partial charge on any atom is -0.311 e. The molecule has 0 radical (unpaired) electrons. The third-order valence-electron chi connectivity index (χ3n) is 4.24. The third kappa shape index (κ3) is 2.36. The van der Waals surface area contributed by atoms with Crippen LogP contribution in [0.15, 0.2) is 0 Å². The van der Waals surface area contributed by atoms with E-state index >= 15 is 0 Å². The molecule has 0 aromatic heterocycles. The Hall–Kier alpha value is -0.0800. The molecule has 2 nitrogen and oxygen atoms in total. The van der Waals surface area contributed by atoms with Gasteiger partial charge in [-0.15, -0.1) is 0 Å². The molecule has 2 aliphatic rings. The van der Waals surface area contributed by atoms with Crippen LogP contribution in [-0.2, 0) is 0 Å². The Morgan fingerprint density at radius 3 is 2.13 bits per heavy atom. The second kappa shape index (κ2) is 3.74. The van der Waals surface area contributed by atoms with Crippen molar-refractivity contribution in [1.29, 1.82) is 0 Å². The Bertz CT molecular complexity index is 225. The first-order valence-electron chi connectivity index (χ1n) is 6.42. The summed E-state index contributed by atoms with van der Waals surface area (Å²) in [5.74, 6) is 0. The Balaban J connectivity index is 1.93. The lowest BCUT2D eigenvalue weighted by Gasteiger charge is -2.41. The van der Waals surface area contributed by atoms with Gasteiger partial charge >= 0.3 is 0 Å². The maximum Gasteiger partial charge on any atom is 0.0211 e. The number of likely N-dealkylation sites (tertiary alicyclic amines) is 1. The molecule has 0 amide bonds. The summed E-state index contributed by atoms with van der Waals surface area (Å²) in [6.07, 6.45) is 4.05. The minimum atomic E-state index is 0.481. The monoisotopic (exact) mass is 210 g/mol. The van der Waals surface area contributed by atoms with Crippen molar-refractivity contribution in [3.8, 4) is 0 Å². The highest BCUT2D eigenvalue weighted by molar-refractivity contribution is 5.03. The molecule has 15 heavy (non-hydrogen) atoms. The molecule has 2 fully saturated rings. The topological polar surface area (TPSA) is 15.3 Å². The molecule has 2 rings (SSSR count). The minimum absolute atomic E-state index is 0.481. The van der Waals surface area contributed by atoms with Gasteiger partial charge in [0.1, 0.15) is 0 Å². The fourth-order valence-electron chi connectivity index (χ4n) is 3.29. The number of hydrogen-bond donors (Lipinski definition) is 1. The maximum atomic E-state index is 3.80. The van der Waals surface area contributed by atoms with Gasteiger partial charge in [-0.3, -0.25) is 0 Å². The van der Waals surface area contributed by atoms with Gasteiger partial charge in [0, 0.05) is 31.2 Å². The van der Waals surface area contributed by atoms with E-state index in [1.165, 1.54) is 38.9 Å². The van der Waals surface area contributed by atoms with Crippen molar-refractivity contribution in [3.63, 3.8) is 0 Å². The highest BCUT2D eigenvalue weighted by atomic mass is 15.2. The van der Waals surface area contributed by atoms with Crippen molar-refractivity contribution < 1.29 is 0 Å². The highest BCUT2D eigenvalue weighted by Crippen LogP contribution is 2.40. The molecule has 88 valence electrons. The number of nitrogens with zero attached hydrogens (tertiary/aromatic N) is 1. The molecule has 0 aliphatic carbocycles. The predicted molar refractivity (Wildman–Crippen MR) is 65.1 cm³/mol. The van der Waals surface area contributed by atoms with Crippen LogP contribution in [0, 0.1) is 5.41 Å². The fraction of sp³-hybridized carbons (Fsp3) is 1.00. The summed E-state index contributed by atoms with van der Waals surface area (Å²) in [4.78, 5) is 2.61. The zero-order chi connectivity index (χ0) is 11.1. The van der Waals surface area contributed by atoms with Crippen LogP contribution in [0.3, 0.4) is 0 Å². The van der Waals surface area contributed by atoms with Crippen molar-refractivity contribution in [3.05, 3.63) is 0 Å². The first kappa shape index (κ1) is 11.4. The number of hydrogen-bond acceptors (Lipinski definition) is 2. The van der Waals surface area contributed by atoms with Crippen molar-refractivity contribution in [2.24, 2.45) is 5.41 Å². The third-order valence-corrected chi connectivity index (χ3v) is 4.24. The average molecular weight is 210 g/mol. The Labute approximate surface area is 94.4 Å². The molecule has 1 spiro atoms. The van der Waals surface area contributed by atoms with Gasteiger partial charge in [-0.05, 0) is 38.5 Å². The summed E-state index contributed by atoms with van der Waals surface area (Å²) in [5, 5.41) is 3.80. The lowest BCUT2D eigenvalue weighted by Crippen LogP contribution is -2.51. The van der Waals surface area contributed by atoms with Crippen molar-refractivity contribution in [1.82, 2.24) is 10.2 Å². The lowest BCUT2D eigenvalue weighted by molar-refractivity contribution is 0.116. The Morgan fingerprint density at radius 1 is 1.13 bits per heavy atom. The largest absolute Gasteiger partial charge is 0.311 e. The summed E-state index contributed by atoms with van der Waals surface area (Å²) >= 11 is 0. The van der Waals surface area contributed by atoms with Gasteiger partial charge in [0.25, 0.3) is 0 Å². The number of rotatable bonds is 1. The van der Waals surface area contributed by atoms with Gasteiger partial charge in [-0.1, -0.05) is 13.8 Å². The van der Waals surface area contributed by atoms with Gasteiger partial charge in [0.05, 0.1) is 0 Å². The van der Waals surface area contributed by atoms with Gasteiger partial charge in [-0.2, -0.15) is 0 Å². The molecule has 2 heteroatoms. The highest BCUT2D eigenvalue weighted by Gasteiger charge is 2.44. The molecule has 1 N–H and O–H groups in total. The second-order valence-corrected chi connectivity index (χ2v) is 6.60. The first-order chi connectivity index (χ1) is 6.93. The zero-order valence-electron chi connectivity index (χ0n) is 10.8. The van der Waals surface area contributed by atoms with Crippen LogP contribution in [-0.4, -0.2) is 36.1 Å². The molecule has 2 aliphatic heterocycles. The smallest absolute Gasteiger partial charge is 0.0211 e. The van der Waals surface area contributed by atoms with Gasteiger partial charge in [-0.25, -0.2) is 0 Å². The molecular weight excluding hydrogens is 184 g/mol. The molecule has 2 heterocycles. The second-order valence-electron chi connectivity index (χ2n) is 6.60. The maximum absolute atomic E-state index is 3.80. The van der Waals surface area contributed by atoms with E-state index in [0.717, 1.165) is 6.04 Å². The standard InChI is InChI=1S/C13H26N2/c1-11(2)15-7-5-13(6-8-15)9-12(3,4)10-14-13/h11,14H,5-10H2,1-4H3. The number of nitrogens with one attached hydrogen (secondary N) is 1. The van der Waals surface area contributed by atoms with Gasteiger partial charge < -0.3 is 10.2 Å². The van der Waals surface area contributed by atoms with Crippen molar-refractivity contribution in [2.45, 2.75) is 58.5 Å². The molecule has 0 aromatic carbocycles. The normalized spacial score (nSPS) is 30.2. The Kier molecular flexibility index (Phi) is 2.85. The zero-order valence-corrected chi connectivity index (χ0v) is 10.8. The lowest BCUT2D eigenvalue weighted by atomic mass is 9.78. The van der Waals surface area contributed by atoms with Crippen LogP contribution in [0.4, 0.5) is 0 Å². The van der Waals surface area contributed by atoms with E-state index in [9.17, 15) is 0 Å². The number of piperidine rings is 1. The summed E-state index contributed by atoms with van der Waals surface area (Å²) in [5.41, 5.74) is 0.995. The van der Waals surface area contributed by atoms with Crippen LogP contribution in [0.1, 0.15) is 47.0 Å². The van der Waals surface area contributed by atoms with E-state index in [1.807, 2.05) is 0 Å². The SMILES string of the molecule is CC(C)N1CCC2(CC1)CC(C)(C)CN2. The van der Waals surface area contributed by atoms with E-state index in [4.69, 9.17) is 0 Å². The molecule has 0 saturated carbocycles. The van der Waals surface area contributed by atoms with Crippen molar-refractivity contribution in [2.75, 3.05) is 19.6 Å². The molecule has 0 atom stereocenters. The van der Waals surface area contributed by atoms with Crippen LogP contribution < -0.4 is 5.32 Å². The molecule has 0 unspecified atom stereocenters. The molecular formula is C13H26N2. The van der Waals surface area contributed by atoms with E-state index < -0.39 is 0 Å². The summed E-state index contributed by atoms with van der Waals surface area (Å²) < 4.78 is 0. The van der Waals surface area contributed by atoms with E-state index in [0.29, 0.717) is 11.0 Å². The van der Waals surface area contributed by atoms with Crippen LogP contribution >= 0.6 is 0 Å². The summed E-state index contributed by atoms with van der Waals surface area (Å²) in [6.45, 7) is 13.2. The van der Waals surface area contributed by atoms with E-state index in [-0.39, 0.29) is 0 Å². The van der Waals surface area contributed by atoms with Crippen LogP contribution in [0.2, 0.25) is 0 Å². The van der Waals surface area contributed by atoms with E-state index in [2.05, 4.69) is 37.9 Å². The first-order valence-corrected chi connectivity index (χ1v) is 6.42. The molecule has 2 saturated heterocycles. The van der Waals surface area contributed by atoms with Gasteiger partial charge in [0.2, 0.25) is 0 Å². The molecule has 0 aromatic rings.